The third-order valence-corrected chi connectivity index (χ3v) is 4.75. The van der Waals surface area contributed by atoms with Crippen molar-refractivity contribution in [2.75, 3.05) is 46.8 Å². The van der Waals surface area contributed by atoms with Gasteiger partial charge in [0.05, 0.1) is 12.2 Å². The van der Waals surface area contributed by atoms with E-state index in [2.05, 4.69) is 29.1 Å². The highest BCUT2D eigenvalue weighted by Gasteiger charge is 2.28. The molecular weight excluding hydrogens is 238 g/mol. The van der Waals surface area contributed by atoms with Gasteiger partial charge in [0, 0.05) is 19.1 Å². The molecule has 0 spiro atoms. The molecule has 2 heterocycles. The first-order chi connectivity index (χ1) is 9.22. The van der Waals surface area contributed by atoms with Crippen molar-refractivity contribution in [2.45, 2.75) is 50.9 Å². The molecule has 0 aromatic rings. The van der Waals surface area contributed by atoms with E-state index in [1.54, 1.807) is 0 Å². The Hall–Kier alpha value is -0.160. The summed E-state index contributed by atoms with van der Waals surface area (Å²) >= 11 is 0. The van der Waals surface area contributed by atoms with E-state index in [9.17, 15) is 0 Å². The van der Waals surface area contributed by atoms with Crippen molar-refractivity contribution in [1.82, 2.24) is 15.1 Å². The van der Waals surface area contributed by atoms with Gasteiger partial charge in [0.15, 0.2) is 0 Å². The Morgan fingerprint density at radius 2 is 1.84 bits per heavy atom. The van der Waals surface area contributed by atoms with E-state index in [0.717, 1.165) is 19.1 Å². The lowest BCUT2D eigenvalue weighted by molar-refractivity contribution is 0.0143. The predicted molar refractivity (Wildman–Crippen MR) is 79.6 cm³/mol. The molecule has 2 saturated heterocycles. The summed E-state index contributed by atoms with van der Waals surface area (Å²) in [6, 6.07) is 0.759. The monoisotopic (exact) mass is 269 g/mol. The van der Waals surface area contributed by atoms with Crippen LogP contribution in [0.3, 0.4) is 0 Å². The molecule has 2 unspecified atom stereocenters. The fourth-order valence-corrected chi connectivity index (χ4v) is 3.44. The molecule has 2 fully saturated rings. The first-order valence-corrected chi connectivity index (χ1v) is 7.95. The second-order valence-corrected chi connectivity index (χ2v) is 6.12. The summed E-state index contributed by atoms with van der Waals surface area (Å²) in [5, 5.41) is 3.21. The van der Waals surface area contributed by atoms with E-state index in [1.165, 1.54) is 45.3 Å². The fourth-order valence-electron chi connectivity index (χ4n) is 3.44. The van der Waals surface area contributed by atoms with Crippen LogP contribution in [0.5, 0.6) is 0 Å². The number of nitrogens with zero attached hydrogens (tertiary/aromatic N) is 2. The maximum atomic E-state index is 6.09. The number of likely N-dealkylation sites (N-methyl/N-ethyl adjacent to an activating group) is 2. The maximum Gasteiger partial charge on any atom is 0.0707 e. The zero-order valence-electron chi connectivity index (χ0n) is 12.9. The highest BCUT2D eigenvalue weighted by molar-refractivity contribution is 4.82. The molecule has 4 heteroatoms. The van der Waals surface area contributed by atoms with Crippen LogP contribution in [0.1, 0.15) is 32.6 Å². The SMILES string of the molecule is CCN1CCC(N(C)CC2CCC(CNC)O2)CC1. The molecule has 0 bridgehead atoms. The van der Waals surface area contributed by atoms with Crippen LogP contribution in [-0.4, -0.2) is 74.9 Å². The van der Waals surface area contributed by atoms with E-state index >= 15 is 0 Å². The quantitative estimate of drug-likeness (QED) is 0.783. The molecule has 2 aliphatic rings. The Bertz CT molecular complexity index is 254. The van der Waals surface area contributed by atoms with Gasteiger partial charge in [-0.05, 0) is 59.4 Å². The molecule has 0 aromatic carbocycles. The summed E-state index contributed by atoms with van der Waals surface area (Å²) in [6.07, 6.45) is 5.96. The van der Waals surface area contributed by atoms with Gasteiger partial charge in [0.2, 0.25) is 0 Å². The molecule has 2 rings (SSSR count). The number of rotatable bonds is 6. The van der Waals surface area contributed by atoms with Crippen LogP contribution in [0.4, 0.5) is 0 Å². The second kappa shape index (κ2) is 7.58. The third-order valence-electron chi connectivity index (χ3n) is 4.75. The molecule has 4 nitrogen and oxygen atoms in total. The van der Waals surface area contributed by atoms with Crippen molar-refractivity contribution < 1.29 is 4.74 Å². The molecule has 0 radical (unpaired) electrons. The van der Waals surface area contributed by atoms with Gasteiger partial charge in [0.1, 0.15) is 0 Å². The fraction of sp³-hybridized carbons (Fsp3) is 1.00. The zero-order chi connectivity index (χ0) is 13.7. The minimum Gasteiger partial charge on any atom is -0.372 e. The minimum atomic E-state index is 0.435. The number of ether oxygens (including phenoxy) is 1. The molecule has 2 aliphatic heterocycles. The van der Waals surface area contributed by atoms with Crippen LogP contribution in [0.2, 0.25) is 0 Å². The van der Waals surface area contributed by atoms with Gasteiger partial charge in [-0.15, -0.1) is 0 Å². The number of piperidine rings is 1. The van der Waals surface area contributed by atoms with Gasteiger partial charge < -0.3 is 19.9 Å². The highest BCUT2D eigenvalue weighted by atomic mass is 16.5. The van der Waals surface area contributed by atoms with E-state index in [4.69, 9.17) is 4.74 Å². The largest absolute Gasteiger partial charge is 0.372 e. The normalized spacial score (nSPS) is 30.3. The van der Waals surface area contributed by atoms with Gasteiger partial charge in [-0.2, -0.15) is 0 Å². The van der Waals surface area contributed by atoms with E-state index in [-0.39, 0.29) is 0 Å². The lowest BCUT2D eigenvalue weighted by Gasteiger charge is -2.37. The number of likely N-dealkylation sites (tertiary alicyclic amines) is 1. The summed E-state index contributed by atoms with van der Waals surface area (Å²) < 4.78 is 6.09. The number of hydrogen-bond donors (Lipinski definition) is 1. The van der Waals surface area contributed by atoms with Crippen LogP contribution in [0.25, 0.3) is 0 Å². The highest BCUT2D eigenvalue weighted by Crippen LogP contribution is 2.22. The van der Waals surface area contributed by atoms with E-state index in [1.807, 2.05) is 7.05 Å². The maximum absolute atomic E-state index is 6.09. The van der Waals surface area contributed by atoms with Crippen LogP contribution < -0.4 is 5.32 Å². The standard InChI is InChI=1S/C15H31N3O/c1-4-18-9-7-13(8-10-18)17(3)12-15-6-5-14(19-15)11-16-2/h13-16H,4-12H2,1-3H3. The topological polar surface area (TPSA) is 27.7 Å². The Morgan fingerprint density at radius 3 is 2.47 bits per heavy atom. The molecule has 2 atom stereocenters. The average molecular weight is 269 g/mol. The van der Waals surface area contributed by atoms with Crippen LogP contribution in [-0.2, 0) is 4.74 Å². The summed E-state index contributed by atoms with van der Waals surface area (Å²) in [7, 11) is 4.28. The van der Waals surface area contributed by atoms with Crippen molar-refractivity contribution >= 4 is 0 Å². The molecule has 0 aliphatic carbocycles. The van der Waals surface area contributed by atoms with Crippen molar-refractivity contribution in [2.24, 2.45) is 0 Å². The molecule has 0 aromatic heterocycles. The van der Waals surface area contributed by atoms with Crippen LogP contribution in [0.15, 0.2) is 0 Å². The molecular formula is C15H31N3O. The summed E-state index contributed by atoms with van der Waals surface area (Å²) in [5.74, 6) is 0. The van der Waals surface area contributed by atoms with Crippen molar-refractivity contribution in [1.29, 1.82) is 0 Å². The van der Waals surface area contributed by atoms with Crippen molar-refractivity contribution in [3.05, 3.63) is 0 Å². The van der Waals surface area contributed by atoms with Gasteiger partial charge in [-0.25, -0.2) is 0 Å². The predicted octanol–water partition coefficient (Wildman–Crippen LogP) is 1.17. The van der Waals surface area contributed by atoms with Gasteiger partial charge in [-0.1, -0.05) is 6.92 Å². The van der Waals surface area contributed by atoms with Crippen LogP contribution >= 0.6 is 0 Å². The van der Waals surface area contributed by atoms with Gasteiger partial charge in [0.25, 0.3) is 0 Å². The molecule has 0 saturated carbocycles. The average Bonchev–Trinajstić information content (AvgIpc) is 2.86. The zero-order valence-corrected chi connectivity index (χ0v) is 12.9. The Morgan fingerprint density at radius 1 is 1.16 bits per heavy atom. The van der Waals surface area contributed by atoms with Crippen LogP contribution in [0, 0.1) is 0 Å². The van der Waals surface area contributed by atoms with Crippen molar-refractivity contribution in [3.8, 4) is 0 Å². The van der Waals surface area contributed by atoms with E-state index in [0.29, 0.717) is 12.2 Å². The summed E-state index contributed by atoms with van der Waals surface area (Å²) in [6.45, 7) is 8.09. The summed E-state index contributed by atoms with van der Waals surface area (Å²) in [4.78, 5) is 5.10. The number of nitrogens with one attached hydrogen (secondary N) is 1. The Kier molecular flexibility index (Phi) is 6.07. The molecule has 112 valence electrons. The second-order valence-electron chi connectivity index (χ2n) is 6.12. The molecule has 0 amide bonds. The summed E-state index contributed by atoms with van der Waals surface area (Å²) in [5.41, 5.74) is 0. The third kappa shape index (κ3) is 4.42. The van der Waals surface area contributed by atoms with Crippen molar-refractivity contribution in [3.63, 3.8) is 0 Å². The van der Waals surface area contributed by atoms with Gasteiger partial charge in [-0.3, -0.25) is 0 Å². The lowest BCUT2D eigenvalue weighted by atomic mass is 10.0. The molecule has 1 N–H and O–H groups in total. The molecule has 19 heavy (non-hydrogen) atoms. The minimum absolute atomic E-state index is 0.435. The van der Waals surface area contributed by atoms with E-state index < -0.39 is 0 Å². The lowest BCUT2D eigenvalue weighted by Crippen LogP contribution is -2.45. The van der Waals surface area contributed by atoms with Gasteiger partial charge >= 0.3 is 0 Å². The Labute approximate surface area is 118 Å². The Balaban J connectivity index is 1.68. The smallest absolute Gasteiger partial charge is 0.0707 e. The number of hydrogen-bond acceptors (Lipinski definition) is 4. The first kappa shape index (κ1) is 15.2. The first-order valence-electron chi connectivity index (χ1n) is 7.95.